The van der Waals surface area contributed by atoms with E-state index in [2.05, 4.69) is 6.58 Å². The number of hydrogen-bond acceptors (Lipinski definition) is 13. The fraction of sp³-hybridized carbons (Fsp3) is 0.556. The molecule has 8 atom stereocenters. The Kier molecular flexibility index (Phi) is 11.2. The van der Waals surface area contributed by atoms with E-state index in [0.29, 0.717) is 10.5 Å². The van der Waals surface area contributed by atoms with Crippen LogP contribution in [0.25, 0.3) is 0 Å². The number of rotatable bonds is 12. The van der Waals surface area contributed by atoms with Crippen molar-refractivity contribution in [2.45, 2.75) is 49.2 Å². The summed E-state index contributed by atoms with van der Waals surface area (Å²) in [5, 5.41) is 71.9. The molecule has 8 unspecified atom stereocenters. The number of methoxy groups -OCH3 is 1. The number of hydrogen-bond donors (Lipinski definition) is 8. The number of carbonyl (C=O) groups is 2. The summed E-state index contributed by atoms with van der Waals surface area (Å²) in [5.74, 6) is -6.36. The lowest BCUT2D eigenvalue weighted by molar-refractivity contribution is -0.842. The summed E-state index contributed by atoms with van der Waals surface area (Å²) in [6.45, 7) is 4.67. The molecule has 0 bridgehead atoms. The van der Waals surface area contributed by atoms with Gasteiger partial charge in [0.15, 0.2) is 12.4 Å². The first-order chi connectivity index (χ1) is 19.9. The minimum Gasteiger partial charge on any atom is -0.477 e. The molecule has 1 saturated heterocycles. The van der Waals surface area contributed by atoms with Gasteiger partial charge in [-0.05, 0) is 19.1 Å². The molecule has 3 aliphatic rings. The summed E-state index contributed by atoms with van der Waals surface area (Å²) in [6, 6.07) is 0. The number of aliphatic hydroxyl groups is 6. The van der Waals surface area contributed by atoms with Crippen LogP contribution in [0.3, 0.4) is 0 Å². The normalized spacial score (nSPS) is 34.6. The Morgan fingerprint density at radius 3 is 2.52 bits per heavy atom. The van der Waals surface area contributed by atoms with Crippen molar-refractivity contribution in [1.82, 2.24) is 0 Å². The van der Waals surface area contributed by atoms with E-state index in [4.69, 9.17) is 23.7 Å². The first-order valence-corrected chi connectivity index (χ1v) is 13.1. The molecule has 234 valence electrons. The van der Waals surface area contributed by atoms with Gasteiger partial charge in [-0.25, -0.2) is 9.59 Å². The zero-order valence-electron chi connectivity index (χ0n) is 23.2. The van der Waals surface area contributed by atoms with Crippen LogP contribution < -0.4 is 4.90 Å². The first kappa shape index (κ1) is 33.5. The minimum absolute atomic E-state index is 0.0398. The van der Waals surface area contributed by atoms with Gasteiger partial charge in [-0.1, -0.05) is 12.2 Å². The molecule has 0 amide bonds. The highest BCUT2D eigenvalue weighted by molar-refractivity contribution is 5.91. The molecule has 0 aromatic rings. The van der Waals surface area contributed by atoms with Crippen molar-refractivity contribution < 1.29 is 73.9 Å². The van der Waals surface area contributed by atoms with Crippen LogP contribution in [0.5, 0.6) is 0 Å². The Morgan fingerprint density at radius 2 is 1.95 bits per heavy atom. The number of aliphatic hydroxyl groups excluding tert-OH is 3. The molecule has 15 heteroatoms. The summed E-state index contributed by atoms with van der Waals surface area (Å²) in [6.07, 6.45) is -0.745. The number of nitrogens with one attached hydrogen (secondary N) is 1. The second-order valence-corrected chi connectivity index (χ2v) is 9.85. The van der Waals surface area contributed by atoms with Crippen LogP contribution in [0.1, 0.15) is 6.92 Å². The maximum absolute atomic E-state index is 12.7. The zero-order valence-corrected chi connectivity index (χ0v) is 23.2. The maximum Gasteiger partial charge on any atom is 0.341 e. The van der Waals surface area contributed by atoms with Crippen molar-refractivity contribution in [3.05, 3.63) is 60.1 Å². The van der Waals surface area contributed by atoms with Gasteiger partial charge >= 0.3 is 11.9 Å². The Morgan fingerprint density at radius 1 is 1.24 bits per heavy atom. The van der Waals surface area contributed by atoms with Crippen molar-refractivity contribution in [2.24, 2.45) is 5.92 Å². The average molecular weight is 601 g/mol. The monoisotopic (exact) mass is 600 g/mol. The van der Waals surface area contributed by atoms with E-state index in [1.807, 2.05) is 0 Å². The molecule has 0 saturated carbocycles. The predicted molar refractivity (Wildman–Crippen MR) is 140 cm³/mol. The van der Waals surface area contributed by atoms with Gasteiger partial charge in [-0.2, -0.15) is 0 Å². The van der Waals surface area contributed by atoms with Gasteiger partial charge in [-0.3, -0.25) is 0 Å². The lowest BCUT2D eigenvalue weighted by atomic mass is 9.78. The van der Waals surface area contributed by atoms with E-state index in [1.165, 1.54) is 30.5 Å². The van der Waals surface area contributed by atoms with Crippen LogP contribution in [-0.4, -0.2) is 130 Å². The van der Waals surface area contributed by atoms with E-state index in [0.717, 1.165) is 13.4 Å². The summed E-state index contributed by atoms with van der Waals surface area (Å²) >= 11 is 0. The van der Waals surface area contributed by atoms with Crippen LogP contribution in [0.2, 0.25) is 0 Å². The number of quaternary nitrogens is 1. The van der Waals surface area contributed by atoms with Crippen LogP contribution in [0.4, 0.5) is 0 Å². The van der Waals surface area contributed by atoms with E-state index in [-0.39, 0.29) is 37.4 Å². The van der Waals surface area contributed by atoms with E-state index < -0.39 is 66.7 Å². The Labute approximate surface area is 241 Å². The van der Waals surface area contributed by atoms with Gasteiger partial charge < -0.3 is 64.3 Å². The van der Waals surface area contributed by atoms with Gasteiger partial charge in [-0.15, -0.1) is 6.58 Å². The first-order valence-electron chi connectivity index (χ1n) is 13.1. The lowest BCUT2D eigenvalue weighted by Gasteiger charge is -2.48. The van der Waals surface area contributed by atoms with Crippen molar-refractivity contribution >= 4 is 11.9 Å². The number of carboxylic acid groups (broad SMARTS) is 1. The van der Waals surface area contributed by atoms with Gasteiger partial charge in [0.1, 0.15) is 54.5 Å². The lowest BCUT2D eigenvalue weighted by Crippen LogP contribution is -3.08. The highest BCUT2D eigenvalue weighted by Gasteiger charge is 2.58. The third kappa shape index (κ3) is 6.81. The highest BCUT2D eigenvalue weighted by Crippen LogP contribution is 2.40. The smallest absolute Gasteiger partial charge is 0.341 e. The molecule has 0 spiro atoms. The number of esters is 1. The average Bonchev–Trinajstić information content (AvgIpc) is 2.95. The number of carboxylic acids is 1. The van der Waals surface area contributed by atoms with Crippen molar-refractivity contribution in [1.29, 1.82) is 0 Å². The second kappa shape index (κ2) is 14.0. The molecule has 8 N–H and O–H groups in total. The fourth-order valence-electron chi connectivity index (χ4n) is 4.94. The van der Waals surface area contributed by atoms with Gasteiger partial charge in [0.25, 0.3) is 0 Å². The molecule has 0 aromatic carbocycles. The molecule has 3 aliphatic heterocycles. The van der Waals surface area contributed by atoms with Crippen molar-refractivity contribution in [2.75, 3.05) is 40.0 Å². The van der Waals surface area contributed by atoms with E-state index in [1.54, 1.807) is 6.92 Å². The molecular formula is C27H38NO14+. The van der Waals surface area contributed by atoms with Crippen LogP contribution >= 0.6 is 0 Å². The van der Waals surface area contributed by atoms with Crippen LogP contribution in [-0.2, 0) is 33.3 Å². The van der Waals surface area contributed by atoms with Crippen LogP contribution in [0, 0.1) is 5.92 Å². The number of carbonyl (C=O) groups excluding carboxylic acids is 1. The van der Waals surface area contributed by atoms with Gasteiger partial charge in [0.05, 0.1) is 26.2 Å². The minimum atomic E-state index is -2.92. The molecule has 42 heavy (non-hydrogen) atoms. The SMILES string of the molecule is C=CC1C(OC2OC(CO)C(O)C(O)(O)C2OCC)OC=C(C(=O)OC)C1(O)C=CC1=CC(C(=O)O)=C[NH+](CCO)C1. The standard InChI is InChI=1S/C27H37NO14/c1-4-17-24(42-25-21(39-5-2)27(36,37)20(31)19(13-30)41-25)40-14-18(23(34)38-3)26(17,35)7-6-15-10-16(22(32)33)12-28(11-15)8-9-29/h4,6-7,10,12,14,17,19-21,24-25,29-31,35-37H,1,5,8-9,11,13H2,2-3H3,(H,32,33)/p+1. The van der Waals surface area contributed by atoms with E-state index >= 15 is 0 Å². The van der Waals surface area contributed by atoms with Crippen molar-refractivity contribution in [3.63, 3.8) is 0 Å². The summed E-state index contributed by atoms with van der Waals surface area (Å²) < 4.78 is 27.2. The zero-order chi connectivity index (χ0) is 31.2. The van der Waals surface area contributed by atoms with Crippen molar-refractivity contribution in [3.8, 4) is 0 Å². The molecule has 0 radical (unpaired) electrons. The maximum atomic E-state index is 12.7. The summed E-state index contributed by atoms with van der Waals surface area (Å²) in [4.78, 5) is 25.0. The molecule has 3 rings (SSSR count). The summed E-state index contributed by atoms with van der Waals surface area (Å²) in [5.41, 5.74) is -2.17. The molecule has 0 aliphatic carbocycles. The van der Waals surface area contributed by atoms with E-state index in [9.17, 15) is 45.3 Å². The molecular weight excluding hydrogens is 562 g/mol. The third-order valence-corrected chi connectivity index (χ3v) is 7.13. The van der Waals surface area contributed by atoms with Gasteiger partial charge in [0.2, 0.25) is 12.1 Å². The predicted octanol–water partition coefficient (Wildman–Crippen LogP) is -3.54. The number of ether oxygens (including phenoxy) is 5. The number of aliphatic carboxylic acids is 1. The fourth-order valence-corrected chi connectivity index (χ4v) is 4.94. The molecule has 15 nitrogen and oxygen atoms in total. The quantitative estimate of drug-likeness (QED) is 0.0617. The summed E-state index contributed by atoms with van der Waals surface area (Å²) in [7, 11) is 1.09. The molecule has 3 heterocycles. The third-order valence-electron chi connectivity index (χ3n) is 7.13. The molecule has 0 aromatic heterocycles. The highest BCUT2D eigenvalue weighted by atomic mass is 16.8. The molecule has 1 fully saturated rings. The Balaban J connectivity index is 2.00. The topological polar surface area (TPSA) is 226 Å². The Hall–Kier alpha value is -2.96. The Bertz CT molecular complexity index is 1130. The van der Waals surface area contributed by atoms with Crippen LogP contribution in [0.15, 0.2) is 60.1 Å². The largest absolute Gasteiger partial charge is 0.477 e. The van der Waals surface area contributed by atoms with Gasteiger partial charge in [0, 0.05) is 12.2 Å². The second-order valence-electron chi connectivity index (χ2n) is 9.85.